The Hall–Kier alpha value is -2.86. The molecular formula is C21H21N5S. The van der Waals surface area contributed by atoms with Crippen molar-refractivity contribution in [2.75, 3.05) is 11.6 Å². The molecule has 0 aliphatic carbocycles. The molecule has 1 N–H and O–H groups in total. The molecule has 0 saturated carbocycles. The minimum absolute atomic E-state index is 0.136. The summed E-state index contributed by atoms with van der Waals surface area (Å²) < 4.78 is 1.93. The lowest BCUT2D eigenvalue weighted by molar-refractivity contribution is 0.699. The molecule has 136 valence electrons. The molecule has 0 aliphatic heterocycles. The van der Waals surface area contributed by atoms with Crippen molar-refractivity contribution >= 4 is 28.6 Å². The standard InChI is InChI=1S/C21H21N5S/c1-15(17-11-7-4-8-12-17)23-19-18-13-22-26(14-16-9-5-3-6-10-16)20(18)25-21(24-19)27-2/h3-13,15H,14H2,1-2H3,(H,23,24,25). The summed E-state index contributed by atoms with van der Waals surface area (Å²) in [5.41, 5.74) is 3.26. The second-order valence-corrected chi connectivity index (χ2v) is 7.13. The number of rotatable bonds is 6. The second-order valence-electron chi connectivity index (χ2n) is 6.36. The zero-order valence-electron chi connectivity index (χ0n) is 15.3. The van der Waals surface area contributed by atoms with Crippen LogP contribution in [0, 0.1) is 0 Å². The maximum atomic E-state index is 4.70. The smallest absolute Gasteiger partial charge is 0.191 e. The Morgan fingerprint density at radius 3 is 2.41 bits per heavy atom. The van der Waals surface area contributed by atoms with Gasteiger partial charge in [0, 0.05) is 6.04 Å². The number of thioether (sulfide) groups is 1. The first-order chi connectivity index (χ1) is 13.2. The fourth-order valence-corrected chi connectivity index (χ4v) is 3.40. The summed E-state index contributed by atoms with van der Waals surface area (Å²) in [6.45, 7) is 2.82. The Kier molecular flexibility index (Phi) is 5.07. The van der Waals surface area contributed by atoms with E-state index in [1.165, 1.54) is 22.9 Å². The molecule has 0 bridgehead atoms. The van der Waals surface area contributed by atoms with Gasteiger partial charge in [-0.2, -0.15) is 5.10 Å². The molecule has 2 aromatic heterocycles. The normalized spacial score (nSPS) is 12.2. The van der Waals surface area contributed by atoms with Gasteiger partial charge in [0.05, 0.1) is 18.1 Å². The predicted molar refractivity (Wildman–Crippen MR) is 111 cm³/mol. The zero-order valence-corrected chi connectivity index (χ0v) is 16.1. The highest BCUT2D eigenvalue weighted by Crippen LogP contribution is 2.27. The van der Waals surface area contributed by atoms with Crippen LogP contribution < -0.4 is 5.32 Å². The fourth-order valence-electron chi connectivity index (χ4n) is 3.04. The summed E-state index contributed by atoms with van der Waals surface area (Å²) in [5.74, 6) is 0.819. The SMILES string of the molecule is CSc1nc(NC(C)c2ccccc2)c2cnn(Cc3ccccc3)c2n1. The van der Waals surface area contributed by atoms with Crippen LogP contribution in [-0.2, 0) is 6.54 Å². The highest BCUT2D eigenvalue weighted by Gasteiger charge is 2.15. The first-order valence-electron chi connectivity index (χ1n) is 8.87. The van der Waals surface area contributed by atoms with E-state index in [1.54, 1.807) is 0 Å². The van der Waals surface area contributed by atoms with E-state index in [-0.39, 0.29) is 6.04 Å². The number of anilines is 1. The van der Waals surface area contributed by atoms with Crippen LogP contribution in [0.25, 0.3) is 11.0 Å². The number of benzene rings is 2. The van der Waals surface area contributed by atoms with E-state index in [0.29, 0.717) is 6.54 Å². The molecule has 5 nitrogen and oxygen atoms in total. The quantitative estimate of drug-likeness (QED) is 0.389. The number of nitrogens with zero attached hydrogens (tertiary/aromatic N) is 4. The van der Waals surface area contributed by atoms with E-state index >= 15 is 0 Å². The molecule has 0 saturated heterocycles. The van der Waals surface area contributed by atoms with Crippen molar-refractivity contribution < 1.29 is 0 Å². The van der Waals surface area contributed by atoms with Crippen LogP contribution in [0.1, 0.15) is 24.1 Å². The van der Waals surface area contributed by atoms with E-state index in [4.69, 9.17) is 9.97 Å². The van der Waals surface area contributed by atoms with Gasteiger partial charge in [-0.3, -0.25) is 0 Å². The van der Waals surface area contributed by atoms with Gasteiger partial charge in [-0.15, -0.1) is 0 Å². The van der Waals surface area contributed by atoms with Gasteiger partial charge in [0.25, 0.3) is 0 Å². The van der Waals surface area contributed by atoms with Crippen molar-refractivity contribution in [2.24, 2.45) is 0 Å². The highest BCUT2D eigenvalue weighted by molar-refractivity contribution is 7.98. The molecule has 0 aliphatic rings. The monoisotopic (exact) mass is 375 g/mol. The largest absolute Gasteiger partial charge is 0.363 e. The molecule has 2 heterocycles. The molecule has 0 fully saturated rings. The van der Waals surface area contributed by atoms with Gasteiger partial charge in [-0.25, -0.2) is 14.6 Å². The Labute approximate surface area is 162 Å². The van der Waals surface area contributed by atoms with E-state index in [0.717, 1.165) is 22.0 Å². The van der Waals surface area contributed by atoms with Crippen molar-refractivity contribution in [3.63, 3.8) is 0 Å². The lowest BCUT2D eigenvalue weighted by Gasteiger charge is -2.16. The van der Waals surface area contributed by atoms with Gasteiger partial charge in [0.15, 0.2) is 10.8 Å². The molecule has 2 aromatic carbocycles. The zero-order chi connectivity index (χ0) is 18.6. The number of hydrogen-bond acceptors (Lipinski definition) is 5. The molecule has 4 aromatic rings. The third-order valence-corrected chi connectivity index (χ3v) is 5.03. The minimum atomic E-state index is 0.136. The highest BCUT2D eigenvalue weighted by atomic mass is 32.2. The van der Waals surface area contributed by atoms with Gasteiger partial charge in [-0.1, -0.05) is 72.4 Å². The first kappa shape index (κ1) is 17.5. The average molecular weight is 376 g/mol. The Balaban J connectivity index is 1.70. The first-order valence-corrected chi connectivity index (χ1v) is 10.1. The lowest BCUT2D eigenvalue weighted by atomic mass is 10.1. The molecule has 27 heavy (non-hydrogen) atoms. The second kappa shape index (κ2) is 7.80. The third kappa shape index (κ3) is 3.80. The van der Waals surface area contributed by atoms with E-state index in [2.05, 4.69) is 41.6 Å². The number of nitrogens with one attached hydrogen (secondary N) is 1. The van der Waals surface area contributed by atoms with Gasteiger partial charge in [0.2, 0.25) is 0 Å². The molecule has 1 atom stereocenters. The van der Waals surface area contributed by atoms with Crippen LogP contribution in [0.3, 0.4) is 0 Å². The topological polar surface area (TPSA) is 55.6 Å². The van der Waals surface area contributed by atoms with E-state index < -0.39 is 0 Å². The summed E-state index contributed by atoms with van der Waals surface area (Å²) >= 11 is 1.54. The van der Waals surface area contributed by atoms with Crippen molar-refractivity contribution in [1.82, 2.24) is 19.7 Å². The van der Waals surface area contributed by atoms with Crippen LogP contribution in [0.2, 0.25) is 0 Å². The van der Waals surface area contributed by atoms with Gasteiger partial charge in [0.1, 0.15) is 5.82 Å². The Morgan fingerprint density at radius 2 is 1.70 bits per heavy atom. The van der Waals surface area contributed by atoms with Crippen molar-refractivity contribution in [2.45, 2.75) is 24.7 Å². The average Bonchev–Trinajstić information content (AvgIpc) is 3.12. The van der Waals surface area contributed by atoms with Gasteiger partial charge in [-0.05, 0) is 24.3 Å². The minimum Gasteiger partial charge on any atom is -0.363 e. The Morgan fingerprint density at radius 1 is 1.00 bits per heavy atom. The van der Waals surface area contributed by atoms with Gasteiger partial charge >= 0.3 is 0 Å². The summed E-state index contributed by atoms with van der Waals surface area (Å²) in [6.07, 6.45) is 3.84. The van der Waals surface area contributed by atoms with E-state index in [1.807, 2.05) is 53.5 Å². The van der Waals surface area contributed by atoms with Crippen molar-refractivity contribution in [1.29, 1.82) is 0 Å². The van der Waals surface area contributed by atoms with Crippen LogP contribution in [-0.4, -0.2) is 26.0 Å². The summed E-state index contributed by atoms with van der Waals surface area (Å²) in [6, 6.07) is 20.8. The molecule has 0 radical (unpaired) electrons. The van der Waals surface area contributed by atoms with Crippen LogP contribution in [0.15, 0.2) is 72.0 Å². The van der Waals surface area contributed by atoms with Crippen LogP contribution >= 0.6 is 11.8 Å². The lowest BCUT2D eigenvalue weighted by Crippen LogP contribution is -2.09. The molecular weight excluding hydrogens is 354 g/mol. The van der Waals surface area contributed by atoms with Crippen LogP contribution in [0.5, 0.6) is 0 Å². The summed E-state index contributed by atoms with van der Waals surface area (Å²) in [4.78, 5) is 9.40. The van der Waals surface area contributed by atoms with E-state index in [9.17, 15) is 0 Å². The summed E-state index contributed by atoms with van der Waals surface area (Å²) in [7, 11) is 0. The molecule has 0 amide bonds. The maximum absolute atomic E-state index is 4.70. The number of fused-ring (bicyclic) bond motifs is 1. The predicted octanol–water partition coefficient (Wildman–Crippen LogP) is 4.77. The molecule has 4 rings (SSSR count). The van der Waals surface area contributed by atoms with Crippen LogP contribution in [0.4, 0.5) is 5.82 Å². The maximum Gasteiger partial charge on any atom is 0.191 e. The molecule has 1 unspecified atom stereocenters. The van der Waals surface area contributed by atoms with Crippen molar-refractivity contribution in [3.8, 4) is 0 Å². The third-order valence-electron chi connectivity index (χ3n) is 4.49. The van der Waals surface area contributed by atoms with Gasteiger partial charge < -0.3 is 5.32 Å². The number of aromatic nitrogens is 4. The fraction of sp³-hybridized carbons (Fsp3) is 0.190. The number of hydrogen-bond donors (Lipinski definition) is 1. The Bertz CT molecular complexity index is 1030. The van der Waals surface area contributed by atoms with Crippen molar-refractivity contribution in [3.05, 3.63) is 78.0 Å². The molecule has 6 heteroatoms. The summed E-state index contributed by atoms with van der Waals surface area (Å²) in [5, 5.41) is 9.78. The molecule has 0 spiro atoms.